The summed E-state index contributed by atoms with van der Waals surface area (Å²) in [5.41, 5.74) is 0. The molecule has 1 aliphatic rings. The van der Waals surface area contributed by atoms with E-state index in [4.69, 9.17) is 0 Å². The molecule has 112 valence electrons. The van der Waals surface area contributed by atoms with Crippen molar-refractivity contribution < 1.29 is 4.79 Å². The fraction of sp³-hybridized carbons (Fsp3) is 0.933. The van der Waals surface area contributed by atoms with Gasteiger partial charge in [-0.25, -0.2) is 0 Å². The van der Waals surface area contributed by atoms with Crippen molar-refractivity contribution in [1.29, 1.82) is 0 Å². The molecule has 2 N–H and O–H groups in total. The first-order valence-electron chi connectivity index (χ1n) is 7.91. The van der Waals surface area contributed by atoms with Crippen LogP contribution in [0.15, 0.2) is 0 Å². The van der Waals surface area contributed by atoms with Crippen LogP contribution in [0.2, 0.25) is 0 Å². The highest BCUT2D eigenvalue weighted by atomic mass is 16.1. The molecule has 0 atom stereocenters. The van der Waals surface area contributed by atoms with Gasteiger partial charge >= 0.3 is 0 Å². The molecule has 1 fully saturated rings. The molecule has 0 aliphatic carbocycles. The number of likely N-dealkylation sites (tertiary alicyclic amines) is 1. The minimum atomic E-state index is 0.195. The molecule has 0 aromatic heterocycles. The van der Waals surface area contributed by atoms with Crippen LogP contribution in [-0.4, -0.2) is 49.6 Å². The predicted molar refractivity (Wildman–Crippen MR) is 80.3 cm³/mol. The maximum absolute atomic E-state index is 11.6. The first kappa shape index (κ1) is 16.4. The molecular formula is C15H31N3O. The first-order valence-corrected chi connectivity index (χ1v) is 7.91. The van der Waals surface area contributed by atoms with Gasteiger partial charge in [-0.3, -0.25) is 4.79 Å². The van der Waals surface area contributed by atoms with Gasteiger partial charge in [0.05, 0.1) is 0 Å². The predicted octanol–water partition coefficient (Wildman–Crippen LogP) is 1.76. The lowest BCUT2D eigenvalue weighted by molar-refractivity contribution is -0.121. The fourth-order valence-electron chi connectivity index (χ4n) is 2.44. The Bertz CT molecular complexity index is 236. The smallest absolute Gasteiger partial charge is 0.220 e. The second kappa shape index (κ2) is 10.2. The van der Waals surface area contributed by atoms with Crippen molar-refractivity contribution in [2.45, 2.75) is 58.4 Å². The molecule has 0 saturated carbocycles. The largest absolute Gasteiger partial charge is 0.355 e. The van der Waals surface area contributed by atoms with E-state index in [0.29, 0.717) is 12.5 Å². The van der Waals surface area contributed by atoms with Gasteiger partial charge in [-0.05, 0) is 38.9 Å². The SMILES string of the molecule is CC(C)NCCCC(=O)NCCN1CCCCCC1. The topological polar surface area (TPSA) is 44.4 Å². The molecule has 0 spiro atoms. The first-order chi connectivity index (χ1) is 9.18. The quantitative estimate of drug-likeness (QED) is 0.660. The van der Waals surface area contributed by atoms with Crippen LogP contribution in [0.25, 0.3) is 0 Å². The summed E-state index contributed by atoms with van der Waals surface area (Å²) in [6, 6.07) is 0.506. The van der Waals surface area contributed by atoms with E-state index in [0.717, 1.165) is 26.1 Å². The van der Waals surface area contributed by atoms with Crippen LogP contribution in [0.1, 0.15) is 52.4 Å². The number of amides is 1. The van der Waals surface area contributed by atoms with Crippen LogP contribution in [0.3, 0.4) is 0 Å². The zero-order valence-electron chi connectivity index (χ0n) is 12.7. The number of nitrogens with one attached hydrogen (secondary N) is 2. The Hall–Kier alpha value is -0.610. The summed E-state index contributed by atoms with van der Waals surface area (Å²) in [6.45, 7) is 9.40. The number of hydrogen-bond acceptors (Lipinski definition) is 3. The van der Waals surface area contributed by atoms with Crippen LogP contribution in [0.4, 0.5) is 0 Å². The lowest BCUT2D eigenvalue weighted by Gasteiger charge is -2.19. The van der Waals surface area contributed by atoms with Crippen molar-refractivity contribution in [3.63, 3.8) is 0 Å². The average Bonchev–Trinajstić information content (AvgIpc) is 2.63. The number of carbonyl (C=O) groups is 1. The summed E-state index contributed by atoms with van der Waals surface area (Å²) in [7, 11) is 0. The molecule has 0 bridgehead atoms. The van der Waals surface area contributed by atoms with Gasteiger partial charge in [0.1, 0.15) is 0 Å². The molecule has 1 amide bonds. The highest BCUT2D eigenvalue weighted by Gasteiger charge is 2.08. The normalized spacial score (nSPS) is 17.4. The Labute approximate surface area is 118 Å². The van der Waals surface area contributed by atoms with Crippen LogP contribution in [0.5, 0.6) is 0 Å². The van der Waals surface area contributed by atoms with Crippen LogP contribution in [-0.2, 0) is 4.79 Å². The highest BCUT2D eigenvalue weighted by molar-refractivity contribution is 5.75. The van der Waals surface area contributed by atoms with E-state index in [9.17, 15) is 4.79 Å². The maximum Gasteiger partial charge on any atom is 0.220 e. The summed E-state index contributed by atoms with van der Waals surface area (Å²) < 4.78 is 0. The Morgan fingerprint density at radius 1 is 1.11 bits per heavy atom. The van der Waals surface area contributed by atoms with Gasteiger partial charge in [-0.15, -0.1) is 0 Å². The van der Waals surface area contributed by atoms with Crippen molar-refractivity contribution in [2.75, 3.05) is 32.7 Å². The molecule has 0 aromatic rings. The number of carbonyl (C=O) groups excluding carboxylic acids is 1. The van der Waals surface area contributed by atoms with Crippen LogP contribution in [0, 0.1) is 0 Å². The van der Waals surface area contributed by atoms with Gasteiger partial charge in [0, 0.05) is 25.6 Å². The molecule has 1 heterocycles. The second-order valence-corrected chi connectivity index (χ2v) is 5.82. The minimum Gasteiger partial charge on any atom is -0.355 e. The van der Waals surface area contributed by atoms with Gasteiger partial charge in [-0.2, -0.15) is 0 Å². The molecule has 4 nitrogen and oxygen atoms in total. The van der Waals surface area contributed by atoms with E-state index in [1.165, 1.54) is 38.8 Å². The minimum absolute atomic E-state index is 0.195. The molecule has 4 heteroatoms. The summed E-state index contributed by atoms with van der Waals surface area (Å²) >= 11 is 0. The van der Waals surface area contributed by atoms with E-state index in [1.54, 1.807) is 0 Å². The number of hydrogen-bond donors (Lipinski definition) is 2. The lowest BCUT2D eigenvalue weighted by atomic mass is 10.2. The Morgan fingerprint density at radius 2 is 1.79 bits per heavy atom. The molecule has 1 saturated heterocycles. The van der Waals surface area contributed by atoms with E-state index >= 15 is 0 Å². The zero-order chi connectivity index (χ0) is 13.9. The Morgan fingerprint density at radius 3 is 2.42 bits per heavy atom. The summed E-state index contributed by atoms with van der Waals surface area (Å²) in [6.07, 6.45) is 6.93. The summed E-state index contributed by atoms with van der Waals surface area (Å²) in [5, 5.41) is 6.36. The van der Waals surface area contributed by atoms with E-state index in [2.05, 4.69) is 29.4 Å². The van der Waals surface area contributed by atoms with E-state index in [1.807, 2.05) is 0 Å². The van der Waals surface area contributed by atoms with Crippen molar-refractivity contribution >= 4 is 5.91 Å². The Balaban J connectivity index is 1.97. The maximum atomic E-state index is 11.6. The van der Waals surface area contributed by atoms with Crippen molar-refractivity contribution in [3.8, 4) is 0 Å². The third kappa shape index (κ3) is 9.00. The van der Waals surface area contributed by atoms with Gasteiger partial charge in [0.25, 0.3) is 0 Å². The fourth-order valence-corrected chi connectivity index (χ4v) is 2.44. The van der Waals surface area contributed by atoms with E-state index < -0.39 is 0 Å². The lowest BCUT2D eigenvalue weighted by Crippen LogP contribution is -2.35. The third-order valence-corrected chi connectivity index (χ3v) is 3.58. The molecule has 19 heavy (non-hydrogen) atoms. The Kier molecular flexibility index (Phi) is 8.84. The van der Waals surface area contributed by atoms with Crippen molar-refractivity contribution in [2.24, 2.45) is 0 Å². The van der Waals surface area contributed by atoms with Crippen LogP contribution < -0.4 is 10.6 Å². The molecule has 0 radical (unpaired) electrons. The van der Waals surface area contributed by atoms with E-state index in [-0.39, 0.29) is 5.91 Å². The third-order valence-electron chi connectivity index (χ3n) is 3.58. The van der Waals surface area contributed by atoms with Gasteiger partial charge < -0.3 is 15.5 Å². The molecular weight excluding hydrogens is 238 g/mol. The standard InChI is InChI=1S/C15H31N3O/c1-14(2)16-9-7-8-15(19)17-10-13-18-11-5-3-4-6-12-18/h14,16H,3-13H2,1-2H3,(H,17,19). The number of nitrogens with zero attached hydrogens (tertiary/aromatic N) is 1. The molecule has 1 aliphatic heterocycles. The highest BCUT2D eigenvalue weighted by Crippen LogP contribution is 2.08. The van der Waals surface area contributed by atoms with Crippen LogP contribution >= 0.6 is 0 Å². The van der Waals surface area contributed by atoms with Gasteiger partial charge in [-0.1, -0.05) is 26.7 Å². The monoisotopic (exact) mass is 269 g/mol. The van der Waals surface area contributed by atoms with Gasteiger partial charge in [0.2, 0.25) is 5.91 Å². The molecule has 0 unspecified atom stereocenters. The van der Waals surface area contributed by atoms with Crippen molar-refractivity contribution in [1.82, 2.24) is 15.5 Å². The summed E-state index contributed by atoms with van der Waals surface area (Å²) in [5.74, 6) is 0.195. The second-order valence-electron chi connectivity index (χ2n) is 5.82. The van der Waals surface area contributed by atoms with Gasteiger partial charge in [0.15, 0.2) is 0 Å². The molecule has 0 aromatic carbocycles. The zero-order valence-corrected chi connectivity index (χ0v) is 12.7. The molecule has 1 rings (SSSR count). The average molecular weight is 269 g/mol. The number of rotatable bonds is 8. The van der Waals surface area contributed by atoms with Crippen molar-refractivity contribution in [3.05, 3.63) is 0 Å². The summed E-state index contributed by atoms with van der Waals surface area (Å²) in [4.78, 5) is 14.1.